The summed E-state index contributed by atoms with van der Waals surface area (Å²) in [5.41, 5.74) is 3.23. The number of rotatable bonds is 6. The highest BCUT2D eigenvalue weighted by molar-refractivity contribution is 7.98. The van der Waals surface area contributed by atoms with Gasteiger partial charge in [-0.1, -0.05) is 71.9 Å². The molecule has 3 aromatic heterocycles. The molecule has 0 saturated carbocycles. The van der Waals surface area contributed by atoms with Crippen LogP contribution < -0.4 is 5.56 Å². The van der Waals surface area contributed by atoms with Crippen LogP contribution in [0.25, 0.3) is 11.3 Å². The van der Waals surface area contributed by atoms with E-state index in [1.807, 2.05) is 48.5 Å². The van der Waals surface area contributed by atoms with Crippen LogP contribution in [0.1, 0.15) is 17.1 Å². The van der Waals surface area contributed by atoms with Crippen LogP contribution in [0.2, 0.25) is 5.02 Å². The molecular formula is C24H18ClN5OS. The molecular weight excluding hydrogens is 442 g/mol. The number of thioether (sulfide) groups is 1. The van der Waals surface area contributed by atoms with Crippen molar-refractivity contribution in [2.24, 2.45) is 0 Å². The summed E-state index contributed by atoms with van der Waals surface area (Å²) in [5.74, 6) is 1.34. The number of fused-ring (bicyclic) bond motifs is 1. The van der Waals surface area contributed by atoms with Gasteiger partial charge < -0.3 is 0 Å². The maximum atomic E-state index is 12.5. The van der Waals surface area contributed by atoms with Gasteiger partial charge in [0.1, 0.15) is 11.5 Å². The van der Waals surface area contributed by atoms with Gasteiger partial charge in [0.05, 0.1) is 10.7 Å². The largest absolute Gasteiger partial charge is 0.274 e. The maximum absolute atomic E-state index is 12.5. The van der Waals surface area contributed by atoms with Gasteiger partial charge in [0, 0.05) is 30.1 Å². The Balaban J connectivity index is 1.47. The van der Waals surface area contributed by atoms with Crippen LogP contribution in [0.15, 0.2) is 95.0 Å². The van der Waals surface area contributed by atoms with Crippen molar-refractivity contribution in [3.05, 3.63) is 118 Å². The molecule has 2 aromatic carbocycles. The Hall–Kier alpha value is -3.42. The van der Waals surface area contributed by atoms with Crippen molar-refractivity contribution in [2.45, 2.75) is 17.3 Å². The van der Waals surface area contributed by atoms with Crippen LogP contribution in [-0.2, 0) is 12.2 Å². The van der Waals surface area contributed by atoms with E-state index in [0.717, 1.165) is 22.2 Å². The van der Waals surface area contributed by atoms with E-state index in [2.05, 4.69) is 31.9 Å². The summed E-state index contributed by atoms with van der Waals surface area (Å²) >= 11 is 7.50. The van der Waals surface area contributed by atoms with Crippen molar-refractivity contribution in [1.82, 2.24) is 24.1 Å². The summed E-state index contributed by atoms with van der Waals surface area (Å²) in [6, 6.07) is 25.2. The van der Waals surface area contributed by atoms with E-state index in [4.69, 9.17) is 11.6 Å². The van der Waals surface area contributed by atoms with Crippen molar-refractivity contribution in [3.63, 3.8) is 0 Å². The van der Waals surface area contributed by atoms with Crippen molar-refractivity contribution < 1.29 is 0 Å². The van der Waals surface area contributed by atoms with Gasteiger partial charge in [-0.05, 0) is 29.8 Å². The topological polar surface area (TPSA) is 65.1 Å². The van der Waals surface area contributed by atoms with Crippen LogP contribution in [0.3, 0.4) is 0 Å². The van der Waals surface area contributed by atoms with Crippen molar-refractivity contribution in [1.29, 1.82) is 0 Å². The van der Waals surface area contributed by atoms with E-state index >= 15 is 0 Å². The second kappa shape index (κ2) is 8.98. The van der Waals surface area contributed by atoms with Crippen molar-refractivity contribution >= 4 is 29.0 Å². The summed E-state index contributed by atoms with van der Waals surface area (Å²) in [7, 11) is 0. The lowest BCUT2D eigenvalue weighted by atomic mass is 10.1. The van der Waals surface area contributed by atoms with Crippen LogP contribution in [0, 0.1) is 0 Å². The van der Waals surface area contributed by atoms with E-state index in [0.29, 0.717) is 28.5 Å². The minimum Gasteiger partial charge on any atom is -0.274 e. The zero-order valence-corrected chi connectivity index (χ0v) is 18.5. The van der Waals surface area contributed by atoms with E-state index in [9.17, 15) is 4.79 Å². The molecule has 0 saturated heterocycles. The lowest BCUT2D eigenvalue weighted by Gasteiger charge is -2.10. The van der Waals surface area contributed by atoms with Gasteiger partial charge in [0.2, 0.25) is 0 Å². The Morgan fingerprint density at radius 1 is 0.906 bits per heavy atom. The first-order valence-electron chi connectivity index (χ1n) is 10.0. The first-order chi connectivity index (χ1) is 15.7. The molecule has 0 atom stereocenters. The molecule has 3 heterocycles. The molecule has 0 radical (unpaired) electrons. The van der Waals surface area contributed by atoms with Gasteiger partial charge in [-0.3, -0.25) is 13.8 Å². The molecule has 0 aliphatic heterocycles. The molecule has 0 amide bonds. The molecule has 0 spiro atoms. The van der Waals surface area contributed by atoms with Crippen LogP contribution in [0.5, 0.6) is 0 Å². The second-order valence-corrected chi connectivity index (χ2v) is 8.56. The first-order valence-corrected chi connectivity index (χ1v) is 11.4. The molecule has 0 fully saturated rings. The van der Waals surface area contributed by atoms with Gasteiger partial charge in [-0.15, -0.1) is 10.2 Å². The first kappa shape index (κ1) is 20.5. The average Bonchev–Trinajstić information content (AvgIpc) is 3.22. The minimum atomic E-state index is -0.164. The molecule has 0 N–H and O–H groups in total. The Morgan fingerprint density at radius 2 is 1.66 bits per heavy atom. The molecule has 32 heavy (non-hydrogen) atoms. The predicted molar refractivity (Wildman–Crippen MR) is 127 cm³/mol. The van der Waals surface area contributed by atoms with Crippen LogP contribution >= 0.6 is 23.4 Å². The number of benzene rings is 2. The molecule has 0 unspecified atom stereocenters. The fourth-order valence-corrected chi connectivity index (χ4v) is 4.49. The summed E-state index contributed by atoms with van der Waals surface area (Å²) in [5, 5.41) is 10.2. The van der Waals surface area contributed by atoms with Gasteiger partial charge in [0.15, 0.2) is 5.16 Å². The number of pyridine rings is 1. The normalized spacial score (nSPS) is 11.2. The quantitative estimate of drug-likeness (QED) is 0.341. The fourth-order valence-electron chi connectivity index (χ4n) is 3.46. The molecule has 0 aliphatic rings. The lowest BCUT2D eigenvalue weighted by molar-refractivity contribution is 0.847. The average molecular weight is 460 g/mol. The molecule has 158 valence electrons. The molecule has 0 aliphatic carbocycles. The zero-order chi connectivity index (χ0) is 21.9. The predicted octanol–water partition coefficient (Wildman–Crippen LogP) is 4.81. The Bertz CT molecular complexity index is 1430. The summed E-state index contributed by atoms with van der Waals surface area (Å²) in [6.07, 6.45) is 2.24. The number of hydrogen-bond acceptors (Lipinski definition) is 5. The van der Waals surface area contributed by atoms with Crippen LogP contribution in [-0.4, -0.2) is 24.1 Å². The number of nitrogens with zero attached hydrogens (tertiary/aromatic N) is 5. The zero-order valence-electron chi connectivity index (χ0n) is 16.9. The number of aromatic nitrogens is 5. The SMILES string of the molecule is O=c1cc(CSc2nnc(Cc3ccccc3)n2-c2ccccc2)nc2ccc(Cl)cn12. The Morgan fingerprint density at radius 3 is 2.44 bits per heavy atom. The summed E-state index contributed by atoms with van der Waals surface area (Å²) in [4.78, 5) is 17.1. The van der Waals surface area contributed by atoms with Gasteiger partial charge in [-0.25, -0.2) is 4.98 Å². The lowest BCUT2D eigenvalue weighted by Crippen LogP contribution is -2.15. The molecule has 8 heteroatoms. The van der Waals surface area contributed by atoms with Gasteiger partial charge in [0.25, 0.3) is 5.56 Å². The third-order valence-corrected chi connectivity index (χ3v) is 6.13. The molecule has 0 bridgehead atoms. The smallest absolute Gasteiger partial charge is 0.258 e. The monoisotopic (exact) mass is 459 g/mol. The summed E-state index contributed by atoms with van der Waals surface area (Å²) < 4.78 is 3.51. The van der Waals surface area contributed by atoms with Gasteiger partial charge >= 0.3 is 0 Å². The van der Waals surface area contributed by atoms with Crippen molar-refractivity contribution in [3.8, 4) is 5.69 Å². The number of para-hydroxylation sites is 1. The highest BCUT2D eigenvalue weighted by atomic mass is 35.5. The highest BCUT2D eigenvalue weighted by Crippen LogP contribution is 2.26. The van der Waals surface area contributed by atoms with Crippen LogP contribution in [0.4, 0.5) is 0 Å². The fraction of sp³-hybridized carbons (Fsp3) is 0.0833. The standard InChI is InChI=1S/C24H18ClN5OS/c25-18-11-12-21-26-19(14-23(31)29(21)15-18)16-32-24-28-27-22(13-17-7-3-1-4-8-17)30(24)20-9-5-2-6-10-20/h1-12,14-15H,13,16H2. The van der Waals surface area contributed by atoms with Gasteiger partial charge in [-0.2, -0.15) is 0 Å². The Labute approximate surface area is 193 Å². The van der Waals surface area contributed by atoms with E-state index in [-0.39, 0.29) is 5.56 Å². The summed E-state index contributed by atoms with van der Waals surface area (Å²) in [6.45, 7) is 0. The molecule has 5 rings (SSSR count). The second-order valence-electron chi connectivity index (χ2n) is 7.18. The highest BCUT2D eigenvalue weighted by Gasteiger charge is 2.15. The minimum absolute atomic E-state index is 0.164. The maximum Gasteiger partial charge on any atom is 0.258 e. The number of halogens is 1. The van der Waals surface area contributed by atoms with Crippen molar-refractivity contribution in [2.75, 3.05) is 0 Å². The third-order valence-electron chi connectivity index (χ3n) is 4.95. The number of hydrogen-bond donors (Lipinski definition) is 0. The Kier molecular flexibility index (Phi) is 5.75. The van der Waals surface area contributed by atoms with E-state index in [1.54, 1.807) is 18.3 Å². The molecule has 5 aromatic rings. The van der Waals surface area contributed by atoms with E-state index < -0.39 is 0 Å². The molecule has 6 nitrogen and oxygen atoms in total. The third kappa shape index (κ3) is 4.30. The van der Waals surface area contributed by atoms with E-state index in [1.165, 1.54) is 22.2 Å².